The number of thioether (sulfide) groups is 1. The number of fused-ring (bicyclic) bond motifs is 1. The van der Waals surface area contributed by atoms with Gasteiger partial charge in [-0.1, -0.05) is 18.2 Å². The Labute approximate surface area is 150 Å². The van der Waals surface area contributed by atoms with E-state index in [1.54, 1.807) is 27.5 Å². The normalized spacial score (nSPS) is 25.2. The van der Waals surface area contributed by atoms with E-state index in [2.05, 4.69) is 17.3 Å². The molecule has 4 rings (SSSR count). The number of benzene rings is 1. The van der Waals surface area contributed by atoms with Crippen LogP contribution in [-0.2, 0) is 16.1 Å². The Morgan fingerprint density at radius 1 is 1.40 bits per heavy atom. The molecule has 6 nitrogen and oxygen atoms in total. The van der Waals surface area contributed by atoms with Gasteiger partial charge in [0, 0.05) is 30.5 Å². The molecule has 2 aromatic rings. The summed E-state index contributed by atoms with van der Waals surface area (Å²) >= 11 is 1.71. The summed E-state index contributed by atoms with van der Waals surface area (Å²) in [5.41, 5.74) is 1.91. The zero-order valence-electron chi connectivity index (χ0n) is 14.0. The summed E-state index contributed by atoms with van der Waals surface area (Å²) < 4.78 is 1.79. The molecule has 25 heavy (non-hydrogen) atoms. The third-order valence-corrected chi connectivity index (χ3v) is 6.38. The lowest BCUT2D eigenvalue weighted by atomic mass is 10.2. The summed E-state index contributed by atoms with van der Waals surface area (Å²) in [6.45, 7) is 2.46. The number of para-hydroxylation sites is 1. The van der Waals surface area contributed by atoms with Crippen LogP contribution in [0.2, 0.25) is 0 Å². The first-order valence-electron chi connectivity index (χ1n) is 8.40. The van der Waals surface area contributed by atoms with Gasteiger partial charge in [-0.15, -0.1) is 11.8 Å². The van der Waals surface area contributed by atoms with Gasteiger partial charge in [-0.25, -0.2) is 4.68 Å². The van der Waals surface area contributed by atoms with Crippen LogP contribution in [0.25, 0.3) is 5.69 Å². The predicted octanol–water partition coefficient (Wildman–Crippen LogP) is 1.94. The second-order valence-electron chi connectivity index (χ2n) is 6.61. The number of aromatic nitrogens is 2. The van der Waals surface area contributed by atoms with Crippen molar-refractivity contribution in [1.82, 2.24) is 20.0 Å². The minimum Gasteiger partial charge on any atom is -0.350 e. The molecule has 1 aromatic heterocycles. The van der Waals surface area contributed by atoms with Gasteiger partial charge in [0.2, 0.25) is 11.8 Å². The second kappa shape index (κ2) is 6.22. The van der Waals surface area contributed by atoms with E-state index in [-0.39, 0.29) is 22.7 Å². The smallest absolute Gasteiger partial charge is 0.243 e. The number of carbonyl (C=O) groups excluding carboxylic acids is 2. The molecule has 0 aliphatic carbocycles. The highest BCUT2D eigenvalue weighted by Gasteiger charge is 2.52. The van der Waals surface area contributed by atoms with Crippen LogP contribution < -0.4 is 5.32 Å². The Balaban J connectivity index is 1.40. The molecule has 0 saturated carbocycles. The molecule has 2 saturated heterocycles. The Morgan fingerprint density at radius 2 is 2.20 bits per heavy atom. The van der Waals surface area contributed by atoms with Gasteiger partial charge >= 0.3 is 0 Å². The van der Waals surface area contributed by atoms with Gasteiger partial charge < -0.3 is 10.2 Å². The topological polar surface area (TPSA) is 67.2 Å². The quantitative estimate of drug-likeness (QED) is 0.909. The van der Waals surface area contributed by atoms with E-state index in [0.29, 0.717) is 18.7 Å². The van der Waals surface area contributed by atoms with Crippen molar-refractivity contribution in [1.29, 1.82) is 0 Å². The van der Waals surface area contributed by atoms with Crippen LogP contribution in [0.15, 0.2) is 42.7 Å². The van der Waals surface area contributed by atoms with E-state index < -0.39 is 0 Å². The molecule has 2 aliphatic rings. The van der Waals surface area contributed by atoms with Gasteiger partial charge in [0.05, 0.1) is 16.8 Å². The second-order valence-corrected chi connectivity index (χ2v) is 8.11. The maximum Gasteiger partial charge on any atom is 0.243 e. The van der Waals surface area contributed by atoms with Crippen molar-refractivity contribution >= 4 is 23.6 Å². The Morgan fingerprint density at radius 3 is 3.00 bits per heavy atom. The van der Waals surface area contributed by atoms with Gasteiger partial charge in [0.1, 0.15) is 6.04 Å². The van der Waals surface area contributed by atoms with E-state index in [0.717, 1.165) is 17.7 Å². The van der Waals surface area contributed by atoms with Gasteiger partial charge in [0.15, 0.2) is 0 Å². The standard InChI is InChI=1S/C18H20N4O2S/c1-18-8-7-16(23)22(18)15(12-25-18)17(24)19-9-13-10-20-21(11-13)14-5-3-2-4-6-14/h2-6,10-11,15H,7-9,12H2,1H3,(H,19,24). The number of carbonyl (C=O) groups is 2. The molecule has 2 amide bonds. The van der Waals surface area contributed by atoms with Gasteiger partial charge in [-0.05, 0) is 25.5 Å². The number of hydrogen-bond acceptors (Lipinski definition) is 4. The number of rotatable bonds is 4. The van der Waals surface area contributed by atoms with Crippen molar-refractivity contribution < 1.29 is 9.59 Å². The zero-order chi connectivity index (χ0) is 17.4. The van der Waals surface area contributed by atoms with E-state index >= 15 is 0 Å². The number of nitrogens with zero attached hydrogens (tertiary/aromatic N) is 3. The predicted molar refractivity (Wildman–Crippen MR) is 96.1 cm³/mol. The molecule has 7 heteroatoms. The average molecular weight is 356 g/mol. The van der Waals surface area contributed by atoms with Gasteiger partial charge in [0.25, 0.3) is 0 Å². The first-order chi connectivity index (χ1) is 12.1. The molecular formula is C18H20N4O2S. The third-order valence-electron chi connectivity index (χ3n) is 4.87. The lowest BCUT2D eigenvalue weighted by Crippen LogP contribution is -2.49. The SMILES string of the molecule is CC12CCC(=O)N1C(C(=O)NCc1cnn(-c3ccccc3)c1)CS2. The van der Waals surface area contributed by atoms with Crippen LogP contribution in [0.4, 0.5) is 0 Å². The van der Waals surface area contributed by atoms with Crippen molar-refractivity contribution in [3.05, 3.63) is 48.3 Å². The van der Waals surface area contributed by atoms with Crippen LogP contribution in [0.1, 0.15) is 25.3 Å². The van der Waals surface area contributed by atoms with E-state index in [4.69, 9.17) is 0 Å². The highest BCUT2D eigenvalue weighted by molar-refractivity contribution is 8.01. The third kappa shape index (κ3) is 2.93. The lowest BCUT2D eigenvalue weighted by Gasteiger charge is -2.29. The largest absolute Gasteiger partial charge is 0.350 e. The maximum atomic E-state index is 12.6. The monoisotopic (exact) mass is 356 g/mol. The Hall–Kier alpha value is -2.28. The fourth-order valence-corrected chi connectivity index (χ4v) is 4.93. The molecule has 2 atom stereocenters. The van der Waals surface area contributed by atoms with E-state index in [1.165, 1.54) is 0 Å². The van der Waals surface area contributed by atoms with Crippen molar-refractivity contribution in [2.45, 2.75) is 37.2 Å². The molecule has 2 aliphatic heterocycles. The highest BCUT2D eigenvalue weighted by atomic mass is 32.2. The van der Waals surface area contributed by atoms with Crippen LogP contribution in [0.3, 0.4) is 0 Å². The summed E-state index contributed by atoms with van der Waals surface area (Å²) in [5.74, 6) is 0.667. The first-order valence-corrected chi connectivity index (χ1v) is 9.38. The fraction of sp³-hybridized carbons (Fsp3) is 0.389. The van der Waals surface area contributed by atoms with Crippen LogP contribution in [-0.4, -0.2) is 43.2 Å². The molecule has 0 radical (unpaired) electrons. The summed E-state index contributed by atoms with van der Waals surface area (Å²) in [7, 11) is 0. The molecule has 3 heterocycles. The van der Waals surface area contributed by atoms with Crippen LogP contribution in [0.5, 0.6) is 0 Å². The molecule has 130 valence electrons. The Bertz CT molecular complexity index is 806. The molecular weight excluding hydrogens is 336 g/mol. The number of hydrogen-bond donors (Lipinski definition) is 1. The minimum absolute atomic E-state index is 0.0843. The lowest BCUT2D eigenvalue weighted by molar-refractivity contribution is -0.138. The molecule has 0 spiro atoms. The van der Waals surface area contributed by atoms with Crippen molar-refractivity contribution in [2.75, 3.05) is 5.75 Å². The van der Waals surface area contributed by atoms with Crippen LogP contribution >= 0.6 is 11.8 Å². The van der Waals surface area contributed by atoms with E-state index in [9.17, 15) is 9.59 Å². The zero-order valence-corrected chi connectivity index (χ0v) is 14.8. The minimum atomic E-state index is -0.367. The first kappa shape index (κ1) is 16.2. The summed E-state index contributed by atoms with van der Waals surface area (Å²) in [4.78, 5) is 26.3. The summed E-state index contributed by atoms with van der Waals surface area (Å²) in [6, 6.07) is 9.46. The summed E-state index contributed by atoms with van der Waals surface area (Å²) in [6.07, 6.45) is 5.02. The van der Waals surface area contributed by atoms with Crippen molar-refractivity contribution in [3.63, 3.8) is 0 Å². The number of nitrogens with one attached hydrogen (secondary N) is 1. The molecule has 2 unspecified atom stereocenters. The van der Waals surface area contributed by atoms with Crippen molar-refractivity contribution in [3.8, 4) is 5.69 Å². The van der Waals surface area contributed by atoms with Crippen LogP contribution in [0, 0.1) is 0 Å². The molecule has 1 N–H and O–H groups in total. The van der Waals surface area contributed by atoms with Gasteiger partial charge in [-0.2, -0.15) is 5.10 Å². The van der Waals surface area contributed by atoms with E-state index in [1.807, 2.05) is 36.5 Å². The summed E-state index contributed by atoms with van der Waals surface area (Å²) in [5, 5.41) is 7.29. The molecule has 2 fully saturated rings. The maximum absolute atomic E-state index is 12.6. The fourth-order valence-electron chi connectivity index (χ4n) is 3.49. The Kier molecular flexibility index (Phi) is 4.03. The number of amides is 2. The van der Waals surface area contributed by atoms with Gasteiger partial charge in [-0.3, -0.25) is 9.59 Å². The molecule has 1 aromatic carbocycles. The molecule has 0 bridgehead atoms. The van der Waals surface area contributed by atoms with Crippen molar-refractivity contribution in [2.24, 2.45) is 0 Å². The highest BCUT2D eigenvalue weighted by Crippen LogP contribution is 2.47. The average Bonchev–Trinajstić information content (AvgIpc) is 3.30.